The highest BCUT2D eigenvalue weighted by Gasteiger charge is 2.22. The molecule has 0 aliphatic heterocycles. The normalized spacial score (nSPS) is 11.5. The predicted octanol–water partition coefficient (Wildman–Crippen LogP) is 6.82. The van der Waals surface area contributed by atoms with E-state index in [1.54, 1.807) is 18.2 Å². The molecule has 0 amide bonds. The first-order valence-corrected chi connectivity index (χ1v) is 11.2. The lowest BCUT2D eigenvalue weighted by molar-refractivity contribution is 0.0978. The molecule has 1 N–H and O–H groups in total. The molecule has 4 nitrogen and oxygen atoms in total. The van der Waals surface area contributed by atoms with Crippen molar-refractivity contribution in [1.29, 1.82) is 0 Å². The van der Waals surface area contributed by atoms with Crippen LogP contribution >= 0.6 is 11.3 Å². The highest BCUT2D eigenvalue weighted by atomic mass is 32.1. The number of fused-ring (bicyclic) bond motifs is 3. The number of benzene rings is 2. The minimum absolute atomic E-state index is 0.0407. The summed E-state index contributed by atoms with van der Waals surface area (Å²) in [7, 11) is 0. The molecule has 0 saturated carbocycles. The highest BCUT2D eigenvalue weighted by molar-refractivity contribution is 7.16. The largest absolute Gasteiger partial charge is 0.506 e. The second kappa shape index (κ2) is 9.87. The number of phenols is 1. The first-order valence-electron chi connectivity index (χ1n) is 10.3. The van der Waals surface area contributed by atoms with Crippen LogP contribution in [-0.4, -0.2) is 10.9 Å². The molecule has 1 heterocycles. The van der Waals surface area contributed by atoms with Crippen LogP contribution in [0, 0.1) is 0 Å². The van der Waals surface area contributed by atoms with Crippen LogP contribution < -0.4 is 4.94 Å². The van der Waals surface area contributed by atoms with E-state index in [0.717, 1.165) is 30.6 Å². The Labute approximate surface area is 169 Å². The van der Waals surface area contributed by atoms with Crippen LogP contribution in [0.25, 0.3) is 21.1 Å². The van der Waals surface area contributed by atoms with E-state index in [2.05, 4.69) is 6.92 Å². The first kappa shape index (κ1) is 20.6. The number of carbonyl (C=O) groups excluding carboxylic acids is 1. The molecular formula is C23H28O4S. The smallest absolute Gasteiger partial charge is 0.396 e. The van der Waals surface area contributed by atoms with Gasteiger partial charge in [-0.2, -0.15) is 0 Å². The van der Waals surface area contributed by atoms with Crippen molar-refractivity contribution >= 4 is 38.2 Å². The van der Waals surface area contributed by atoms with Crippen molar-refractivity contribution in [2.45, 2.75) is 71.1 Å². The number of Topliss-reactive ketones (excluding diaryl/α,β-unsaturated/α-hetero) is 1. The third kappa shape index (κ3) is 4.64. The summed E-state index contributed by atoms with van der Waals surface area (Å²) in [5, 5.41) is 11.9. The summed E-state index contributed by atoms with van der Waals surface area (Å²) in [5.74, 6) is -0.158. The third-order valence-corrected chi connectivity index (χ3v) is 6.10. The molecule has 3 rings (SSSR count). The predicted molar refractivity (Wildman–Crippen MR) is 116 cm³/mol. The maximum atomic E-state index is 12.8. The maximum absolute atomic E-state index is 12.8. The molecule has 0 atom stereocenters. The van der Waals surface area contributed by atoms with Crippen LogP contribution in [0.1, 0.15) is 81.5 Å². The molecule has 0 radical (unpaired) electrons. The lowest BCUT2D eigenvalue weighted by Gasteiger charge is -2.09. The third-order valence-electron chi connectivity index (χ3n) is 5.25. The Morgan fingerprint density at radius 2 is 1.57 bits per heavy atom. The lowest BCUT2D eigenvalue weighted by atomic mass is 9.98. The van der Waals surface area contributed by atoms with Gasteiger partial charge in [0.15, 0.2) is 11.4 Å². The molecule has 3 aromatic rings. The zero-order valence-electron chi connectivity index (χ0n) is 16.5. The molecule has 0 aliphatic rings. The van der Waals surface area contributed by atoms with Gasteiger partial charge in [0.1, 0.15) is 5.75 Å². The Morgan fingerprint density at radius 1 is 0.964 bits per heavy atom. The fourth-order valence-corrected chi connectivity index (χ4v) is 4.58. The first-order chi connectivity index (χ1) is 13.6. The van der Waals surface area contributed by atoms with Crippen molar-refractivity contribution in [3.05, 3.63) is 39.6 Å². The highest BCUT2D eigenvalue weighted by Crippen LogP contribution is 2.39. The lowest BCUT2D eigenvalue weighted by Crippen LogP contribution is -2.00. The van der Waals surface area contributed by atoms with E-state index < -0.39 is 4.94 Å². The Bertz CT molecular complexity index is 999. The van der Waals surface area contributed by atoms with E-state index in [4.69, 9.17) is 4.42 Å². The van der Waals surface area contributed by atoms with Crippen LogP contribution in [0.5, 0.6) is 5.75 Å². The SMILES string of the molecule is CCCCCCCCCCCC(=O)c1c(O)c2ccccc2c2oc(=O)sc12. The standard InChI is InChI=1S/C23H28O4S/c1-2-3-4-5-6-7-8-9-10-15-18(24)19-20(25)16-13-11-12-14-17(16)21-22(19)28-23(26)27-21/h11-14,25H,2-10,15H2,1H3. The van der Waals surface area contributed by atoms with E-state index in [1.165, 1.54) is 38.5 Å². The van der Waals surface area contributed by atoms with Crippen LogP contribution in [0.4, 0.5) is 0 Å². The Balaban J connectivity index is 1.65. The number of ketones is 1. The molecule has 0 fully saturated rings. The molecular weight excluding hydrogens is 372 g/mol. The average Bonchev–Trinajstić information content (AvgIpc) is 3.08. The van der Waals surface area contributed by atoms with Gasteiger partial charge in [0.2, 0.25) is 0 Å². The molecule has 0 unspecified atom stereocenters. The minimum Gasteiger partial charge on any atom is -0.506 e. The van der Waals surface area contributed by atoms with Gasteiger partial charge in [0, 0.05) is 17.2 Å². The molecule has 0 bridgehead atoms. The molecule has 28 heavy (non-hydrogen) atoms. The van der Waals surface area contributed by atoms with Crippen molar-refractivity contribution in [3.8, 4) is 5.75 Å². The number of rotatable bonds is 11. The summed E-state index contributed by atoms with van der Waals surface area (Å²) in [5.41, 5.74) is 0.642. The number of unbranched alkanes of at least 4 members (excludes halogenated alkanes) is 8. The van der Waals surface area contributed by atoms with Crippen LogP contribution in [0.2, 0.25) is 0 Å². The summed E-state index contributed by atoms with van der Waals surface area (Å²) in [6.07, 6.45) is 11.0. The molecule has 2 aromatic carbocycles. The van der Waals surface area contributed by atoms with Crippen molar-refractivity contribution in [1.82, 2.24) is 0 Å². The summed E-state index contributed by atoms with van der Waals surface area (Å²) in [6, 6.07) is 7.16. The fourth-order valence-electron chi connectivity index (χ4n) is 3.73. The van der Waals surface area contributed by atoms with Crippen LogP contribution in [-0.2, 0) is 0 Å². The molecule has 0 aliphatic carbocycles. The molecule has 5 heteroatoms. The van der Waals surface area contributed by atoms with Crippen LogP contribution in [0.3, 0.4) is 0 Å². The number of hydrogen-bond acceptors (Lipinski definition) is 5. The van der Waals surface area contributed by atoms with Gasteiger partial charge in [-0.3, -0.25) is 4.79 Å². The number of hydrogen-bond donors (Lipinski definition) is 1. The van der Waals surface area contributed by atoms with Gasteiger partial charge in [-0.1, -0.05) is 93.9 Å². The van der Waals surface area contributed by atoms with Crippen molar-refractivity contribution in [2.75, 3.05) is 0 Å². The number of carbonyl (C=O) groups is 1. The summed E-state index contributed by atoms with van der Waals surface area (Å²) >= 11 is 0.890. The summed E-state index contributed by atoms with van der Waals surface area (Å²) < 4.78 is 5.78. The van der Waals surface area contributed by atoms with Crippen molar-refractivity contribution in [3.63, 3.8) is 0 Å². The van der Waals surface area contributed by atoms with E-state index in [-0.39, 0.29) is 17.1 Å². The van der Waals surface area contributed by atoms with E-state index in [9.17, 15) is 14.7 Å². The van der Waals surface area contributed by atoms with Crippen molar-refractivity contribution < 1.29 is 14.3 Å². The molecule has 0 saturated heterocycles. The van der Waals surface area contributed by atoms with E-state index in [0.29, 0.717) is 27.5 Å². The van der Waals surface area contributed by atoms with Gasteiger partial charge < -0.3 is 9.52 Å². The monoisotopic (exact) mass is 400 g/mol. The van der Waals surface area contributed by atoms with Gasteiger partial charge in [-0.15, -0.1) is 0 Å². The Hall–Kier alpha value is -2.14. The van der Waals surface area contributed by atoms with E-state index >= 15 is 0 Å². The minimum atomic E-state index is -0.456. The summed E-state index contributed by atoms with van der Waals surface area (Å²) in [4.78, 5) is 24.2. The van der Waals surface area contributed by atoms with Gasteiger partial charge in [0.05, 0.1) is 10.3 Å². The topological polar surface area (TPSA) is 67.5 Å². The molecule has 1 aromatic heterocycles. The quantitative estimate of drug-likeness (QED) is 0.283. The number of phenolic OH excluding ortho intramolecular Hbond substituents is 1. The van der Waals surface area contributed by atoms with Gasteiger partial charge in [-0.25, -0.2) is 4.79 Å². The Kier molecular flexibility index (Phi) is 7.26. The Morgan fingerprint density at radius 3 is 2.25 bits per heavy atom. The summed E-state index contributed by atoms with van der Waals surface area (Å²) in [6.45, 7) is 2.22. The van der Waals surface area contributed by atoms with Crippen LogP contribution in [0.15, 0.2) is 33.5 Å². The number of aromatic hydroxyl groups is 1. The van der Waals surface area contributed by atoms with Gasteiger partial charge >= 0.3 is 4.94 Å². The van der Waals surface area contributed by atoms with Gasteiger partial charge in [-0.05, 0) is 6.42 Å². The fraction of sp³-hybridized carbons (Fsp3) is 0.478. The van der Waals surface area contributed by atoms with Gasteiger partial charge in [0.25, 0.3) is 0 Å². The zero-order chi connectivity index (χ0) is 19.9. The average molecular weight is 401 g/mol. The maximum Gasteiger partial charge on any atom is 0.396 e. The second-order valence-corrected chi connectivity index (χ2v) is 8.33. The second-order valence-electron chi connectivity index (χ2n) is 7.38. The molecule has 150 valence electrons. The zero-order valence-corrected chi connectivity index (χ0v) is 17.3. The van der Waals surface area contributed by atoms with E-state index in [1.807, 2.05) is 6.07 Å². The molecule has 0 spiro atoms. The van der Waals surface area contributed by atoms with Crippen molar-refractivity contribution in [2.24, 2.45) is 0 Å².